The summed E-state index contributed by atoms with van der Waals surface area (Å²) < 4.78 is 55.9. The predicted octanol–water partition coefficient (Wildman–Crippen LogP) is 9.25. The number of hydrogen-bond donors (Lipinski definition) is 0. The van der Waals surface area contributed by atoms with Crippen LogP contribution in [0.15, 0.2) is 107 Å². The van der Waals surface area contributed by atoms with Gasteiger partial charge in [0, 0.05) is 23.3 Å². The summed E-state index contributed by atoms with van der Waals surface area (Å²) in [6, 6.07) is 13.4. The molecule has 0 amide bonds. The molecule has 196 valence electrons. The first-order valence-electron chi connectivity index (χ1n) is 11.2. The third-order valence-corrected chi connectivity index (χ3v) is 5.94. The molecule has 9 heteroatoms. The fraction of sp³-hybridized carbons (Fsp3) is 0.0667. The molecule has 2 heterocycles. The van der Waals surface area contributed by atoms with Gasteiger partial charge in [0.2, 0.25) is 0 Å². The van der Waals surface area contributed by atoms with Crippen LogP contribution in [0.1, 0.15) is 12.8 Å². The fourth-order valence-electron chi connectivity index (χ4n) is 3.09. The standard InChI is InChI=1S/2C10H5BrF2N.2C5H5.Ti/c2*11-8-5-7(12)6-9(13)10(8)14-3-1-2-4-14;2*1-2-4-5-3-1;/h2*1-5H;2*1-3H,4H2;/q4*-1;+4. The van der Waals surface area contributed by atoms with Crippen LogP contribution in [-0.2, 0) is 21.7 Å². The van der Waals surface area contributed by atoms with E-state index in [1.807, 2.05) is 36.4 Å². The molecule has 0 fully saturated rings. The number of halogens is 6. The maximum absolute atomic E-state index is 13.3. The van der Waals surface area contributed by atoms with Crippen LogP contribution >= 0.6 is 31.9 Å². The maximum Gasteiger partial charge on any atom is 4.00 e. The smallest absolute Gasteiger partial charge is 0.374 e. The molecule has 4 aromatic rings. The van der Waals surface area contributed by atoms with E-state index in [1.165, 1.54) is 12.1 Å². The Morgan fingerprint density at radius 2 is 0.974 bits per heavy atom. The van der Waals surface area contributed by atoms with Gasteiger partial charge < -0.3 is 9.13 Å². The van der Waals surface area contributed by atoms with Crippen LogP contribution in [0.2, 0.25) is 0 Å². The van der Waals surface area contributed by atoms with Gasteiger partial charge >= 0.3 is 21.7 Å². The number of aromatic nitrogens is 2. The molecular formula is C30H20Br2F4N2Ti. The largest absolute Gasteiger partial charge is 4.00 e. The van der Waals surface area contributed by atoms with Gasteiger partial charge in [-0.05, 0) is 60.4 Å². The summed E-state index contributed by atoms with van der Waals surface area (Å²) in [4.78, 5) is 0. The molecular weight excluding hydrogens is 672 g/mol. The minimum absolute atomic E-state index is 0. The van der Waals surface area contributed by atoms with E-state index in [4.69, 9.17) is 0 Å². The summed E-state index contributed by atoms with van der Waals surface area (Å²) in [6.45, 7) is 0. The molecule has 2 nitrogen and oxygen atoms in total. The molecule has 0 saturated carbocycles. The Morgan fingerprint density at radius 3 is 1.21 bits per heavy atom. The molecule has 2 aromatic heterocycles. The number of rotatable bonds is 2. The van der Waals surface area contributed by atoms with Crippen LogP contribution in [0.5, 0.6) is 0 Å². The van der Waals surface area contributed by atoms with Gasteiger partial charge in [-0.2, -0.15) is 12.2 Å². The maximum atomic E-state index is 13.3. The van der Waals surface area contributed by atoms with Crippen molar-refractivity contribution >= 4 is 31.9 Å². The Labute approximate surface area is 257 Å². The van der Waals surface area contributed by atoms with Crippen molar-refractivity contribution in [1.82, 2.24) is 9.13 Å². The number of allylic oxidation sites excluding steroid dienone is 8. The molecule has 0 aliphatic heterocycles. The molecule has 6 rings (SSSR count). The fourth-order valence-corrected chi connectivity index (χ4v) is 4.25. The van der Waals surface area contributed by atoms with E-state index in [-0.39, 0.29) is 33.1 Å². The van der Waals surface area contributed by atoms with Crippen molar-refractivity contribution < 1.29 is 39.3 Å². The van der Waals surface area contributed by atoms with Gasteiger partial charge in [0.1, 0.15) is 0 Å². The second-order valence-corrected chi connectivity index (χ2v) is 9.15. The Hall–Kier alpha value is -2.65. The summed E-state index contributed by atoms with van der Waals surface area (Å²) in [5.74, 6) is -2.86. The molecule has 0 N–H and O–H groups in total. The third kappa shape index (κ3) is 10.4. The summed E-state index contributed by atoms with van der Waals surface area (Å²) in [7, 11) is 0. The molecule has 39 heavy (non-hydrogen) atoms. The van der Waals surface area contributed by atoms with Crippen molar-refractivity contribution in [3.05, 3.63) is 154 Å². The quantitative estimate of drug-likeness (QED) is 0.113. The first kappa shape index (κ1) is 32.6. The third-order valence-electron chi connectivity index (χ3n) is 4.73. The van der Waals surface area contributed by atoms with E-state index < -0.39 is 23.3 Å². The van der Waals surface area contributed by atoms with Gasteiger partial charge in [-0.25, -0.2) is 41.9 Å². The SMILES string of the molecule is Fc1[c-]c(F)c(-n2cccc2)c(Br)c1.Fc1[c-]c(F)c(-n2cccc2)c(Br)c1.[C-]1=CC=CC1.[C-]1=CC=CC1.[Ti+4]. The van der Waals surface area contributed by atoms with Gasteiger partial charge in [-0.15, -0.1) is 37.1 Å². The predicted molar refractivity (Wildman–Crippen MR) is 148 cm³/mol. The van der Waals surface area contributed by atoms with Gasteiger partial charge in [0.05, 0.1) is 0 Å². The Bertz CT molecular complexity index is 1250. The number of benzene rings is 2. The average Bonchev–Trinajstić information content (AvgIpc) is 3.69. The minimum Gasteiger partial charge on any atom is -0.374 e. The summed E-state index contributed by atoms with van der Waals surface area (Å²) >= 11 is 6.20. The van der Waals surface area contributed by atoms with Crippen LogP contribution in [0.3, 0.4) is 0 Å². The first-order chi connectivity index (χ1) is 18.4. The Kier molecular flexibility index (Phi) is 14.3. The minimum atomic E-state index is -0.717. The van der Waals surface area contributed by atoms with E-state index >= 15 is 0 Å². The molecule has 2 aliphatic rings. The summed E-state index contributed by atoms with van der Waals surface area (Å²) in [5, 5.41) is 0. The molecule has 0 atom stereocenters. The van der Waals surface area contributed by atoms with Gasteiger partial charge in [-0.1, -0.05) is 40.8 Å². The molecule has 0 unspecified atom stereocenters. The van der Waals surface area contributed by atoms with Crippen molar-refractivity contribution in [1.29, 1.82) is 0 Å². The molecule has 2 aromatic carbocycles. The number of hydrogen-bond acceptors (Lipinski definition) is 0. The molecule has 0 radical (unpaired) electrons. The van der Waals surface area contributed by atoms with E-state index in [9.17, 15) is 17.6 Å². The summed E-state index contributed by atoms with van der Waals surface area (Å²) in [5.41, 5.74) is 0.521. The van der Waals surface area contributed by atoms with Crippen LogP contribution in [0, 0.1) is 47.6 Å². The summed E-state index contributed by atoms with van der Waals surface area (Å²) in [6.07, 6.45) is 26.7. The molecule has 0 saturated heterocycles. The Morgan fingerprint density at radius 1 is 0.615 bits per heavy atom. The molecule has 0 bridgehead atoms. The van der Waals surface area contributed by atoms with Crippen LogP contribution in [0.4, 0.5) is 17.6 Å². The molecule has 0 spiro atoms. The van der Waals surface area contributed by atoms with Crippen molar-refractivity contribution in [3.63, 3.8) is 0 Å². The van der Waals surface area contributed by atoms with E-state index in [0.717, 1.165) is 12.8 Å². The van der Waals surface area contributed by atoms with E-state index in [1.54, 1.807) is 58.2 Å². The van der Waals surface area contributed by atoms with Gasteiger partial charge in [-0.3, -0.25) is 12.2 Å². The van der Waals surface area contributed by atoms with E-state index in [0.29, 0.717) is 8.95 Å². The normalized spacial score (nSPS) is 12.1. The zero-order chi connectivity index (χ0) is 27.3. The van der Waals surface area contributed by atoms with Crippen LogP contribution in [0.25, 0.3) is 11.4 Å². The molecule has 2 aliphatic carbocycles. The van der Waals surface area contributed by atoms with Crippen molar-refractivity contribution in [3.8, 4) is 11.4 Å². The second kappa shape index (κ2) is 17.1. The van der Waals surface area contributed by atoms with Crippen LogP contribution < -0.4 is 0 Å². The van der Waals surface area contributed by atoms with Crippen molar-refractivity contribution in [2.45, 2.75) is 12.8 Å². The topological polar surface area (TPSA) is 9.86 Å². The monoisotopic (exact) mass is 690 g/mol. The van der Waals surface area contributed by atoms with Crippen molar-refractivity contribution in [2.75, 3.05) is 0 Å². The van der Waals surface area contributed by atoms with E-state index in [2.05, 4.69) is 56.2 Å². The zero-order valence-electron chi connectivity index (χ0n) is 20.3. The van der Waals surface area contributed by atoms with Crippen molar-refractivity contribution in [2.24, 2.45) is 0 Å². The first-order valence-corrected chi connectivity index (χ1v) is 12.8. The zero-order valence-corrected chi connectivity index (χ0v) is 25.0. The second-order valence-electron chi connectivity index (χ2n) is 7.44. The van der Waals surface area contributed by atoms with Gasteiger partial charge in [0.15, 0.2) is 0 Å². The van der Waals surface area contributed by atoms with Gasteiger partial charge in [0.25, 0.3) is 0 Å². The average molecular weight is 692 g/mol. The Balaban J connectivity index is 0.000000199. The van der Waals surface area contributed by atoms with Crippen LogP contribution in [-0.4, -0.2) is 9.13 Å². The number of nitrogens with zero attached hydrogens (tertiary/aromatic N) is 2.